The second kappa shape index (κ2) is 7.39. The summed E-state index contributed by atoms with van der Waals surface area (Å²) in [6.45, 7) is 10.6. The van der Waals surface area contributed by atoms with Crippen LogP contribution < -0.4 is 5.32 Å². The Labute approximate surface area is 138 Å². The van der Waals surface area contributed by atoms with Crippen LogP contribution in [0.1, 0.15) is 55.2 Å². The number of aromatic nitrogens is 1. The average molecular weight is 324 g/mol. The summed E-state index contributed by atoms with van der Waals surface area (Å²) >= 11 is 1.92. The van der Waals surface area contributed by atoms with E-state index in [0.29, 0.717) is 18.1 Å². The Morgan fingerprint density at radius 3 is 2.95 bits per heavy atom. The third-order valence-corrected chi connectivity index (χ3v) is 6.28. The van der Waals surface area contributed by atoms with Crippen LogP contribution in [0.4, 0.5) is 0 Å². The summed E-state index contributed by atoms with van der Waals surface area (Å²) in [4.78, 5) is 8.96. The summed E-state index contributed by atoms with van der Waals surface area (Å²) in [6, 6.07) is 1.42. The summed E-state index contributed by atoms with van der Waals surface area (Å²) in [7, 11) is 0. The molecule has 1 aromatic heterocycles. The zero-order valence-corrected chi connectivity index (χ0v) is 14.9. The molecule has 0 saturated carbocycles. The Morgan fingerprint density at radius 2 is 2.18 bits per heavy atom. The van der Waals surface area contributed by atoms with Crippen LogP contribution in [-0.2, 0) is 17.6 Å². The van der Waals surface area contributed by atoms with Crippen LogP contribution in [0.5, 0.6) is 0 Å². The van der Waals surface area contributed by atoms with Gasteiger partial charge in [0, 0.05) is 30.1 Å². The third-order valence-electron chi connectivity index (χ3n) is 4.94. The van der Waals surface area contributed by atoms with Gasteiger partial charge in [-0.1, -0.05) is 0 Å². The van der Waals surface area contributed by atoms with Gasteiger partial charge in [0.2, 0.25) is 0 Å². The van der Waals surface area contributed by atoms with Gasteiger partial charge in [0.1, 0.15) is 5.01 Å². The van der Waals surface area contributed by atoms with Gasteiger partial charge in [-0.3, -0.25) is 4.90 Å². The number of aryl methyl sites for hydroxylation is 2. The van der Waals surface area contributed by atoms with E-state index in [4.69, 9.17) is 9.72 Å². The van der Waals surface area contributed by atoms with E-state index in [2.05, 4.69) is 31.0 Å². The Hall–Kier alpha value is -0.490. The standard InChI is InChI=1S/C17H29N3OS/c1-12(20-8-9-21-11-13(20)2)10-18-14(3)17-19-15-6-4-5-7-16(15)22-17/h12-14,18H,4-11H2,1-3H3/t12-,13+,14-/m0/s1. The smallest absolute Gasteiger partial charge is 0.110 e. The summed E-state index contributed by atoms with van der Waals surface area (Å²) in [5.41, 5.74) is 1.37. The highest BCUT2D eigenvalue weighted by Crippen LogP contribution is 2.29. The van der Waals surface area contributed by atoms with E-state index in [9.17, 15) is 0 Å². The van der Waals surface area contributed by atoms with Gasteiger partial charge in [0.15, 0.2) is 0 Å². The molecule has 0 spiro atoms. The van der Waals surface area contributed by atoms with E-state index in [1.807, 2.05) is 11.3 Å². The van der Waals surface area contributed by atoms with Gasteiger partial charge in [0.25, 0.3) is 0 Å². The lowest BCUT2D eigenvalue weighted by Crippen LogP contribution is -2.51. The van der Waals surface area contributed by atoms with Crippen molar-refractivity contribution < 1.29 is 4.74 Å². The molecule has 0 amide bonds. The number of fused-ring (bicyclic) bond motifs is 1. The van der Waals surface area contributed by atoms with Gasteiger partial charge >= 0.3 is 0 Å². The fourth-order valence-electron chi connectivity index (χ4n) is 3.50. The largest absolute Gasteiger partial charge is 0.379 e. The number of morpholine rings is 1. The number of hydrogen-bond acceptors (Lipinski definition) is 5. The molecule has 2 heterocycles. The minimum atomic E-state index is 0.356. The first kappa shape index (κ1) is 16.4. The lowest BCUT2D eigenvalue weighted by atomic mass is 10.0. The van der Waals surface area contributed by atoms with Gasteiger partial charge in [-0.15, -0.1) is 11.3 Å². The molecule has 1 N–H and O–H groups in total. The van der Waals surface area contributed by atoms with E-state index in [1.165, 1.54) is 41.3 Å². The molecule has 1 aromatic rings. The minimum Gasteiger partial charge on any atom is -0.379 e. The molecule has 0 aromatic carbocycles. The lowest BCUT2D eigenvalue weighted by molar-refractivity contribution is -0.0184. The van der Waals surface area contributed by atoms with Crippen LogP contribution in [-0.4, -0.2) is 48.3 Å². The predicted molar refractivity (Wildman–Crippen MR) is 91.6 cm³/mol. The van der Waals surface area contributed by atoms with Gasteiger partial charge in [-0.05, 0) is 46.5 Å². The van der Waals surface area contributed by atoms with Crippen LogP contribution in [0.25, 0.3) is 0 Å². The maximum atomic E-state index is 5.53. The summed E-state index contributed by atoms with van der Waals surface area (Å²) in [5, 5.41) is 4.96. The van der Waals surface area contributed by atoms with Crippen LogP contribution in [0, 0.1) is 0 Å². The average Bonchev–Trinajstić information content (AvgIpc) is 2.97. The van der Waals surface area contributed by atoms with Crippen molar-refractivity contribution in [3.63, 3.8) is 0 Å². The number of ether oxygens (including phenoxy) is 1. The molecule has 124 valence electrons. The molecule has 3 atom stereocenters. The molecular weight excluding hydrogens is 294 g/mol. The number of rotatable bonds is 5. The molecule has 0 bridgehead atoms. The van der Waals surface area contributed by atoms with Crippen LogP contribution in [0.2, 0.25) is 0 Å². The maximum absolute atomic E-state index is 5.53. The van der Waals surface area contributed by atoms with Crippen molar-refractivity contribution in [3.8, 4) is 0 Å². The molecule has 2 aliphatic rings. The number of nitrogens with zero attached hydrogens (tertiary/aromatic N) is 2. The first-order valence-corrected chi connectivity index (χ1v) is 9.52. The Morgan fingerprint density at radius 1 is 1.36 bits per heavy atom. The van der Waals surface area contributed by atoms with Crippen molar-refractivity contribution in [2.45, 2.75) is 64.6 Å². The number of thiazole rings is 1. The molecule has 1 aliphatic carbocycles. The van der Waals surface area contributed by atoms with Crippen molar-refractivity contribution in [1.29, 1.82) is 0 Å². The van der Waals surface area contributed by atoms with Crippen molar-refractivity contribution in [2.75, 3.05) is 26.3 Å². The molecule has 1 aliphatic heterocycles. The number of nitrogens with one attached hydrogen (secondary N) is 1. The molecule has 0 unspecified atom stereocenters. The molecule has 4 nitrogen and oxygen atoms in total. The summed E-state index contributed by atoms with van der Waals surface area (Å²) in [6.07, 6.45) is 5.06. The minimum absolute atomic E-state index is 0.356. The van der Waals surface area contributed by atoms with Crippen LogP contribution in [0.3, 0.4) is 0 Å². The molecule has 5 heteroatoms. The van der Waals surface area contributed by atoms with Crippen LogP contribution in [0.15, 0.2) is 0 Å². The molecule has 1 saturated heterocycles. The second-order valence-corrected chi connectivity index (χ2v) is 7.89. The first-order chi connectivity index (χ1) is 10.6. The van der Waals surface area contributed by atoms with E-state index < -0.39 is 0 Å². The van der Waals surface area contributed by atoms with Crippen molar-refractivity contribution in [1.82, 2.24) is 15.2 Å². The van der Waals surface area contributed by atoms with E-state index in [0.717, 1.165) is 26.3 Å². The molecule has 0 radical (unpaired) electrons. The third kappa shape index (κ3) is 3.70. The van der Waals surface area contributed by atoms with Gasteiger partial charge in [0.05, 0.1) is 24.9 Å². The maximum Gasteiger partial charge on any atom is 0.110 e. The highest BCUT2D eigenvalue weighted by molar-refractivity contribution is 7.11. The summed E-state index contributed by atoms with van der Waals surface area (Å²) in [5.74, 6) is 0. The molecular formula is C17H29N3OS. The predicted octanol–water partition coefficient (Wildman–Crippen LogP) is 2.78. The Kier molecular flexibility index (Phi) is 5.50. The van der Waals surface area contributed by atoms with Crippen molar-refractivity contribution in [2.24, 2.45) is 0 Å². The SMILES string of the molecule is C[C@H](NC[C@H](C)N1CCOC[C@H]1C)c1nc2c(s1)CCCC2. The first-order valence-electron chi connectivity index (χ1n) is 8.70. The highest BCUT2D eigenvalue weighted by Gasteiger charge is 2.24. The van der Waals surface area contributed by atoms with Crippen LogP contribution >= 0.6 is 11.3 Å². The van der Waals surface area contributed by atoms with Gasteiger partial charge < -0.3 is 10.1 Å². The second-order valence-electron chi connectivity index (χ2n) is 6.77. The molecule has 22 heavy (non-hydrogen) atoms. The zero-order chi connectivity index (χ0) is 15.5. The fraction of sp³-hybridized carbons (Fsp3) is 0.824. The summed E-state index contributed by atoms with van der Waals surface area (Å²) < 4.78 is 5.53. The fourth-order valence-corrected chi connectivity index (χ4v) is 4.68. The van der Waals surface area contributed by atoms with E-state index in [-0.39, 0.29) is 0 Å². The van der Waals surface area contributed by atoms with Crippen molar-refractivity contribution in [3.05, 3.63) is 15.6 Å². The molecule has 3 rings (SSSR count). The lowest BCUT2D eigenvalue weighted by Gasteiger charge is -2.38. The normalized spacial score (nSPS) is 25.7. The Balaban J connectivity index is 1.53. The zero-order valence-electron chi connectivity index (χ0n) is 14.1. The monoisotopic (exact) mass is 323 g/mol. The Bertz CT molecular complexity index is 467. The van der Waals surface area contributed by atoms with E-state index >= 15 is 0 Å². The van der Waals surface area contributed by atoms with Gasteiger partial charge in [-0.2, -0.15) is 0 Å². The highest BCUT2D eigenvalue weighted by atomic mass is 32.1. The van der Waals surface area contributed by atoms with Crippen molar-refractivity contribution >= 4 is 11.3 Å². The topological polar surface area (TPSA) is 37.4 Å². The quantitative estimate of drug-likeness (QED) is 0.904. The van der Waals surface area contributed by atoms with Gasteiger partial charge in [-0.25, -0.2) is 4.98 Å². The molecule has 1 fully saturated rings. The number of hydrogen-bond donors (Lipinski definition) is 1. The van der Waals surface area contributed by atoms with E-state index in [1.54, 1.807) is 0 Å².